The van der Waals surface area contributed by atoms with E-state index in [0.29, 0.717) is 0 Å². The number of fused-ring (bicyclic) bond motifs is 1. The average molecular weight is 310 g/mol. The van der Waals surface area contributed by atoms with E-state index in [1.807, 2.05) is 0 Å². The Balaban J connectivity index is 1.85. The zero-order valence-corrected chi connectivity index (χ0v) is 12.4. The minimum Gasteiger partial charge on any atom is -0.353 e. The predicted octanol–water partition coefficient (Wildman–Crippen LogP) is 3.08. The molecule has 0 spiro atoms. The monoisotopic (exact) mass is 309 g/mol. The van der Waals surface area contributed by atoms with Crippen molar-refractivity contribution in [3.8, 4) is 0 Å². The maximum atomic E-state index is 12.2. The third kappa shape index (κ3) is 3.35. The van der Waals surface area contributed by atoms with E-state index < -0.39 is 0 Å². The summed E-state index contributed by atoms with van der Waals surface area (Å²) in [6.07, 6.45) is 3.93. The molecule has 0 aromatic heterocycles. The SMILES string of the molecule is CC(CCCBr)NC(=O)C1Cc2ccccc2C1. The van der Waals surface area contributed by atoms with Crippen molar-refractivity contribution in [1.82, 2.24) is 5.32 Å². The first kappa shape index (κ1) is 13.6. The molecule has 1 unspecified atom stereocenters. The Morgan fingerprint density at radius 3 is 2.56 bits per heavy atom. The molecule has 18 heavy (non-hydrogen) atoms. The van der Waals surface area contributed by atoms with E-state index in [2.05, 4.69) is 52.4 Å². The van der Waals surface area contributed by atoms with Gasteiger partial charge in [-0.05, 0) is 43.7 Å². The van der Waals surface area contributed by atoms with Gasteiger partial charge in [0.15, 0.2) is 0 Å². The third-order valence-corrected chi connectivity index (χ3v) is 4.14. The lowest BCUT2D eigenvalue weighted by atomic mass is 10.0. The van der Waals surface area contributed by atoms with Gasteiger partial charge in [0.1, 0.15) is 0 Å². The van der Waals surface area contributed by atoms with E-state index in [4.69, 9.17) is 0 Å². The maximum absolute atomic E-state index is 12.2. The van der Waals surface area contributed by atoms with Crippen LogP contribution in [0.5, 0.6) is 0 Å². The molecule has 98 valence electrons. The van der Waals surface area contributed by atoms with Crippen LogP contribution in [0, 0.1) is 5.92 Å². The van der Waals surface area contributed by atoms with E-state index in [1.165, 1.54) is 11.1 Å². The van der Waals surface area contributed by atoms with E-state index >= 15 is 0 Å². The van der Waals surface area contributed by atoms with Crippen molar-refractivity contribution < 1.29 is 4.79 Å². The van der Waals surface area contributed by atoms with Crippen LogP contribution in [0.3, 0.4) is 0 Å². The van der Waals surface area contributed by atoms with Crippen LogP contribution in [0.15, 0.2) is 24.3 Å². The van der Waals surface area contributed by atoms with Crippen molar-refractivity contribution in [3.05, 3.63) is 35.4 Å². The Bertz CT molecular complexity index is 394. The first-order valence-electron chi connectivity index (χ1n) is 6.64. The fourth-order valence-corrected chi connectivity index (χ4v) is 2.88. The molecule has 1 aliphatic rings. The van der Waals surface area contributed by atoms with Gasteiger partial charge in [0, 0.05) is 17.3 Å². The van der Waals surface area contributed by atoms with Crippen LogP contribution in [0.1, 0.15) is 30.9 Å². The van der Waals surface area contributed by atoms with Gasteiger partial charge in [0.2, 0.25) is 5.91 Å². The highest BCUT2D eigenvalue weighted by atomic mass is 79.9. The van der Waals surface area contributed by atoms with E-state index in [0.717, 1.165) is 31.0 Å². The normalized spacial score (nSPS) is 16.3. The summed E-state index contributed by atoms with van der Waals surface area (Å²) in [4.78, 5) is 12.2. The highest BCUT2D eigenvalue weighted by Crippen LogP contribution is 2.26. The molecule has 1 aliphatic carbocycles. The highest BCUT2D eigenvalue weighted by molar-refractivity contribution is 9.09. The Morgan fingerprint density at radius 1 is 1.39 bits per heavy atom. The molecule has 1 atom stereocenters. The molecule has 0 saturated carbocycles. The Morgan fingerprint density at radius 2 is 2.00 bits per heavy atom. The fourth-order valence-electron chi connectivity index (χ4n) is 2.56. The second-order valence-corrected chi connectivity index (χ2v) is 5.91. The van der Waals surface area contributed by atoms with Crippen molar-refractivity contribution in [2.45, 2.75) is 38.6 Å². The molecule has 1 aromatic carbocycles. The molecule has 0 bridgehead atoms. The molecule has 2 nitrogen and oxygen atoms in total. The molecule has 2 rings (SSSR count). The molecular formula is C15H20BrNO. The van der Waals surface area contributed by atoms with Crippen LogP contribution in [0.2, 0.25) is 0 Å². The quantitative estimate of drug-likeness (QED) is 0.832. The molecule has 1 N–H and O–H groups in total. The van der Waals surface area contributed by atoms with Gasteiger partial charge in [-0.15, -0.1) is 0 Å². The number of nitrogens with one attached hydrogen (secondary N) is 1. The molecule has 1 aromatic rings. The number of halogens is 1. The summed E-state index contributed by atoms with van der Waals surface area (Å²) >= 11 is 3.42. The molecule has 0 heterocycles. The number of amides is 1. The summed E-state index contributed by atoms with van der Waals surface area (Å²) in [7, 11) is 0. The number of rotatable bonds is 5. The number of benzene rings is 1. The van der Waals surface area contributed by atoms with Crippen molar-refractivity contribution in [1.29, 1.82) is 0 Å². The van der Waals surface area contributed by atoms with Crippen LogP contribution < -0.4 is 5.32 Å². The Hall–Kier alpha value is -0.830. The van der Waals surface area contributed by atoms with Crippen molar-refractivity contribution >= 4 is 21.8 Å². The predicted molar refractivity (Wildman–Crippen MR) is 78.0 cm³/mol. The summed E-state index contributed by atoms with van der Waals surface area (Å²) in [6, 6.07) is 8.65. The van der Waals surface area contributed by atoms with Crippen LogP contribution in [-0.4, -0.2) is 17.3 Å². The fraction of sp³-hybridized carbons (Fsp3) is 0.533. The molecular weight excluding hydrogens is 290 g/mol. The van der Waals surface area contributed by atoms with E-state index in [1.54, 1.807) is 0 Å². The van der Waals surface area contributed by atoms with Crippen molar-refractivity contribution in [3.63, 3.8) is 0 Å². The summed E-state index contributed by atoms with van der Waals surface area (Å²) in [6.45, 7) is 2.09. The van der Waals surface area contributed by atoms with Gasteiger partial charge in [-0.3, -0.25) is 4.79 Å². The molecule has 0 aliphatic heterocycles. The minimum absolute atomic E-state index is 0.133. The topological polar surface area (TPSA) is 29.1 Å². The van der Waals surface area contributed by atoms with E-state index in [-0.39, 0.29) is 17.9 Å². The second kappa shape index (κ2) is 6.37. The average Bonchev–Trinajstić information content (AvgIpc) is 2.80. The first-order chi connectivity index (χ1) is 8.70. The van der Waals surface area contributed by atoms with Gasteiger partial charge >= 0.3 is 0 Å². The van der Waals surface area contributed by atoms with Crippen molar-refractivity contribution in [2.24, 2.45) is 5.92 Å². The van der Waals surface area contributed by atoms with Gasteiger partial charge in [0.05, 0.1) is 0 Å². The number of hydrogen-bond donors (Lipinski definition) is 1. The number of carbonyl (C=O) groups is 1. The molecule has 0 saturated heterocycles. The minimum atomic E-state index is 0.133. The zero-order valence-electron chi connectivity index (χ0n) is 10.8. The maximum Gasteiger partial charge on any atom is 0.223 e. The van der Waals surface area contributed by atoms with Crippen molar-refractivity contribution in [2.75, 3.05) is 5.33 Å². The largest absolute Gasteiger partial charge is 0.353 e. The standard InChI is InChI=1S/C15H20BrNO/c1-11(5-4-8-16)17-15(18)14-9-12-6-2-3-7-13(12)10-14/h2-3,6-7,11,14H,4-5,8-10H2,1H3,(H,17,18). The number of alkyl halides is 1. The van der Waals surface area contributed by atoms with Gasteiger partial charge in [-0.1, -0.05) is 40.2 Å². The smallest absolute Gasteiger partial charge is 0.223 e. The summed E-state index contributed by atoms with van der Waals surface area (Å²) < 4.78 is 0. The van der Waals surface area contributed by atoms with Crippen LogP contribution in [0.25, 0.3) is 0 Å². The summed E-state index contributed by atoms with van der Waals surface area (Å²) in [5, 5.41) is 4.13. The molecule has 3 heteroatoms. The lowest BCUT2D eigenvalue weighted by molar-refractivity contribution is -0.125. The molecule has 1 amide bonds. The van der Waals surface area contributed by atoms with E-state index in [9.17, 15) is 4.79 Å². The summed E-state index contributed by atoms with van der Waals surface area (Å²) in [5.74, 6) is 0.349. The third-order valence-electron chi connectivity index (χ3n) is 3.58. The van der Waals surface area contributed by atoms with Crippen LogP contribution in [-0.2, 0) is 17.6 Å². The molecule has 0 radical (unpaired) electrons. The van der Waals surface area contributed by atoms with Gasteiger partial charge in [0.25, 0.3) is 0 Å². The zero-order chi connectivity index (χ0) is 13.0. The number of hydrogen-bond acceptors (Lipinski definition) is 1. The van der Waals surface area contributed by atoms with Gasteiger partial charge in [-0.2, -0.15) is 0 Å². The highest BCUT2D eigenvalue weighted by Gasteiger charge is 2.27. The van der Waals surface area contributed by atoms with Crippen LogP contribution >= 0.6 is 15.9 Å². The first-order valence-corrected chi connectivity index (χ1v) is 7.76. The lowest BCUT2D eigenvalue weighted by Gasteiger charge is -2.16. The number of carbonyl (C=O) groups excluding carboxylic acids is 1. The van der Waals surface area contributed by atoms with Gasteiger partial charge in [-0.25, -0.2) is 0 Å². The summed E-state index contributed by atoms with van der Waals surface area (Å²) in [5.41, 5.74) is 2.68. The Kier molecular flexibility index (Phi) is 4.81. The lowest BCUT2D eigenvalue weighted by Crippen LogP contribution is -2.37. The molecule has 0 fully saturated rings. The van der Waals surface area contributed by atoms with Crippen LogP contribution in [0.4, 0.5) is 0 Å². The Labute approximate surface area is 117 Å². The second-order valence-electron chi connectivity index (χ2n) is 5.11. The van der Waals surface area contributed by atoms with Gasteiger partial charge < -0.3 is 5.32 Å².